The first-order chi connectivity index (χ1) is 6.79. The van der Waals surface area contributed by atoms with Gasteiger partial charge in [0, 0.05) is 5.56 Å². The highest BCUT2D eigenvalue weighted by molar-refractivity contribution is 6.28. The van der Waals surface area contributed by atoms with Crippen LogP contribution in [0.5, 0.6) is 0 Å². The Balaban J connectivity index is 2.39. The van der Waals surface area contributed by atoms with E-state index in [-0.39, 0.29) is 0 Å². The summed E-state index contributed by atoms with van der Waals surface area (Å²) in [6.45, 7) is 0. The Morgan fingerprint density at radius 3 is 2.29 bits per heavy atom. The highest BCUT2D eigenvalue weighted by Gasteiger charge is 2.02. The Hall–Kier alpha value is -1.72. The molecule has 0 aliphatic carbocycles. The van der Waals surface area contributed by atoms with Gasteiger partial charge in [-0.3, -0.25) is 0 Å². The summed E-state index contributed by atoms with van der Waals surface area (Å²) in [5, 5.41) is 8.97. The summed E-state index contributed by atoms with van der Waals surface area (Å²) >= 11 is 5.65. The molecule has 1 aromatic heterocycles. The van der Waals surface area contributed by atoms with Crippen molar-refractivity contribution in [1.29, 1.82) is 5.26 Å². The maximum Gasteiger partial charge on any atom is 0.193 e. The van der Waals surface area contributed by atoms with Crippen LogP contribution in [0.15, 0.2) is 40.8 Å². The van der Waals surface area contributed by atoms with Gasteiger partial charge < -0.3 is 4.42 Å². The van der Waals surface area contributed by atoms with Crippen LogP contribution in [0.1, 0.15) is 5.56 Å². The fraction of sp³-hybridized carbons (Fsp3) is 0. The molecule has 3 heteroatoms. The number of furan rings is 1. The smallest absolute Gasteiger partial charge is 0.193 e. The Labute approximate surface area is 86.3 Å². The van der Waals surface area contributed by atoms with Crippen LogP contribution in [0.4, 0.5) is 0 Å². The van der Waals surface area contributed by atoms with Gasteiger partial charge in [0.1, 0.15) is 5.76 Å². The molecule has 2 aromatic rings. The summed E-state index contributed by atoms with van der Waals surface area (Å²) in [4.78, 5) is 0. The summed E-state index contributed by atoms with van der Waals surface area (Å²) in [5.41, 5.74) is 1.54. The van der Waals surface area contributed by atoms with Crippen molar-refractivity contribution in [3.8, 4) is 17.4 Å². The molecule has 1 aromatic carbocycles. The molecule has 2 nitrogen and oxygen atoms in total. The zero-order chi connectivity index (χ0) is 9.97. The quantitative estimate of drug-likeness (QED) is 0.712. The molecule has 68 valence electrons. The highest BCUT2D eigenvalue weighted by Crippen LogP contribution is 2.24. The molecule has 0 aliphatic heterocycles. The van der Waals surface area contributed by atoms with E-state index in [2.05, 4.69) is 6.07 Å². The lowest BCUT2D eigenvalue weighted by atomic mass is 10.1. The van der Waals surface area contributed by atoms with Crippen LogP contribution in [0.2, 0.25) is 5.22 Å². The van der Waals surface area contributed by atoms with E-state index >= 15 is 0 Å². The van der Waals surface area contributed by atoms with Gasteiger partial charge >= 0.3 is 0 Å². The van der Waals surface area contributed by atoms with Crippen molar-refractivity contribution in [3.63, 3.8) is 0 Å². The van der Waals surface area contributed by atoms with Crippen molar-refractivity contribution >= 4 is 11.6 Å². The maximum atomic E-state index is 8.61. The number of hydrogen-bond acceptors (Lipinski definition) is 2. The molecular weight excluding hydrogens is 198 g/mol. The number of nitrogens with zero attached hydrogens (tertiary/aromatic N) is 1. The van der Waals surface area contributed by atoms with Gasteiger partial charge in [-0.2, -0.15) is 5.26 Å². The highest BCUT2D eigenvalue weighted by atomic mass is 35.5. The van der Waals surface area contributed by atoms with Crippen LogP contribution >= 0.6 is 11.6 Å². The molecule has 0 saturated heterocycles. The van der Waals surface area contributed by atoms with E-state index < -0.39 is 0 Å². The summed E-state index contributed by atoms with van der Waals surface area (Å²) in [6.07, 6.45) is 0. The van der Waals surface area contributed by atoms with Gasteiger partial charge in [0.2, 0.25) is 0 Å². The van der Waals surface area contributed by atoms with Crippen molar-refractivity contribution in [2.24, 2.45) is 0 Å². The monoisotopic (exact) mass is 203 g/mol. The molecule has 0 amide bonds. The van der Waals surface area contributed by atoms with Crippen LogP contribution in [-0.4, -0.2) is 0 Å². The van der Waals surface area contributed by atoms with E-state index in [0.29, 0.717) is 16.5 Å². The second kappa shape index (κ2) is 3.57. The Kier molecular flexibility index (Phi) is 2.26. The molecule has 0 spiro atoms. The number of nitriles is 1. The van der Waals surface area contributed by atoms with Crippen LogP contribution in [0, 0.1) is 11.3 Å². The number of hydrogen-bond donors (Lipinski definition) is 0. The van der Waals surface area contributed by atoms with Crippen molar-refractivity contribution in [2.45, 2.75) is 0 Å². The average Bonchev–Trinajstić information content (AvgIpc) is 2.65. The predicted octanol–water partition coefficient (Wildman–Crippen LogP) is 3.47. The lowest BCUT2D eigenvalue weighted by Gasteiger charge is -1.95. The molecule has 0 aliphatic rings. The topological polar surface area (TPSA) is 36.9 Å². The fourth-order valence-electron chi connectivity index (χ4n) is 1.18. The minimum Gasteiger partial charge on any atom is -0.445 e. The Morgan fingerprint density at radius 1 is 1.07 bits per heavy atom. The minimum absolute atomic E-state index is 0.365. The first-order valence-electron chi connectivity index (χ1n) is 4.05. The van der Waals surface area contributed by atoms with Crippen molar-refractivity contribution in [3.05, 3.63) is 47.2 Å². The number of benzene rings is 1. The van der Waals surface area contributed by atoms with E-state index in [1.807, 2.05) is 12.1 Å². The van der Waals surface area contributed by atoms with Crippen LogP contribution < -0.4 is 0 Å². The molecule has 0 bridgehead atoms. The molecule has 2 rings (SSSR count). The van der Waals surface area contributed by atoms with E-state index in [4.69, 9.17) is 21.3 Å². The minimum atomic E-state index is 0.365. The van der Waals surface area contributed by atoms with E-state index in [9.17, 15) is 0 Å². The third-order valence-electron chi connectivity index (χ3n) is 1.87. The molecule has 0 fully saturated rings. The van der Waals surface area contributed by atoms with Gasteiger partial charge in [-0.1, -0.05) is 0 Å². The molecule has 1 heterocycles. The van der Waals surface area contributed by atoms with Gasteiger partial charge in [0.25, 0.3) is 0 Å². The molecule has 14 heavy (non-hydrogen) atoms. The predicted molar refractivity (Wildman–Crippen MR) is 53.9 cm³/mol. The largest absolute Gasteiger partial charge is 0.445 e. The van der Waals surface area contributed by atoms with Gasteiger partial charge in [-0.15, -0.1) is 0 Å². The van der Waals surface area contributed by atoms with Crippen LogP contribution in [0.3, 0.4) is 0 Å². The SMILES string of the molecule is N#Cc1ccc(-c2ccc(Cl)o2)cc1. The van der Waals surface area contributed by atoms with E-state index in [0.717, 1.165) is 5.56 Å². The van der Waals surface area contributed by atoms with Gasteiger partial charge in [-0.05, 0) is 48.0 Å². The molecule has 0 atom stereocenters. The summed E-state index contributed by atoms with van der Waals surface area (Å²) in [5.74, 6) is 0.708. The number of halogens is 1. The maximum absolute atomic E-state index is 8.61. The van der Waals surface area contributed by atoms with Gasteiger partial charge in [0.15, 0.2) is 5.22 Å². The number of rotatable bonds is 1. The second-order valence-electron chi connectivity index (χ2n) is 2.79. The summed E-state index contributed by atoms with van der Waals surface area (Å²) in [7, 11) is 0. The zero-order valence-electron chi connectivity index (χ0n) is 7.20. The average molecular weight is 204 g/mol. The van der Waals surface area contributed by atoms with E-state index in [1.54, 1.807) is 24.3 Å². The molecule has 0 radical (unpaired) electrons. The molecule has 0 N–H and O–H groups in total. The molecular formula is C11H6ClNO. The first-order valence-corrected chi connectivity index (χ1v) is 4.43. The zero-order valence-corrected chi connectivity index (χ0v) is 7.95. The van der Waals surface area contributed by atoms with Crippen molar-refractivity contribution in [1.82, 2.24) is 0 Å². The van der Waals surface area contributed by atoms with Gasteiger partial charge in [0.05, 0.1) is 11.6 Å². The first kappa shape index (κ1) is 8.86. The molecule has 0 saturated carbocycles. The lowest BCUT2D eigenvalue weighted by molar-refractivity contribution is 0.584. The second-order valence-corrected chi connectivity index (χ2v) is 3.17. The Morgan fingerprint density at radius 2 is 1.79 bits per heavy atom. The van der Waals surface area contributed by atoms with Crippen molar-refractivity contribution in [2.75, 3.05) is 0 Å². The fourth-order valence-corrected chi connectivity index (χ4v) is 1.32. The summed E-state index contributed by atoms with van der Waals surface area (Å²) in [6, 6.07) is 12.7. The third-order valence-corrected chi connectivity index (χ3v) is 2.07. The van der Waals surface area contributed by atoms with Gasteiger partial charge in [-0.25, -0.2) is 0 Å². The standard InChI is InChI=1S/C11H6ClNO/c12-11-6-5-10(14-11)9-3-1-8(7-13)2-4-9/h1-6H. The summed E-state index contributed by atoms with van der Waals surface area (Å²) < 4.78 is 5.23. The Bertz CT molecular complexity index is 479. The van der Waals surface area contributed by atoms with Crippen molar-refractivity contribution < 1.29 is 4.42 Å². The van der Waals surface area contributed by atoms with Crippen LogP contribution in [-0.2, 0) is 0 Å². The lowest BCUT2D eigenvalue weighted by Crippen LogP contribution is -1.75. The molecule has 0 unspecified atom stereocenters. The van der Waals surface area contributed by atoms with Crippen LogP contribution in [0.25, 0.3) is 11.3 Å². The third kappa shape index (κ3) is 1.63. The van der Waals surface area contributed by atoms with E-state index in [1.165, 1.54) is 0 Å². The normalized spacial score (nSPS) is 9.71.